The van der Waals surface area contributed by atoms with Crippen LogP contribution in [0.15, 0.2) is 23.1 Å². The molecule has 20 heavy (non-hydrogen) atoms. The number of anilines is 1. The Morgan fingerprint density at radius 3 is 2.55 bits per heavy atom. The lowest BCUT2D eigenvalue weighted by atomic mass is 10.1. The molecule has 0 N–H and O–H groups in total. The molecule has 1 saturated heterocycles. The quantitative estimate of drug-likeness (QED) is 0.796. The van der Waals surface area contributed by atoms with Gasteiger partial charge in [-0.1, -0.05) is 13.0 Å². The molecule has 1 aromatic rings. The van der Waals surface area contributed by atoms with E-state index in [1.165, 1.54) is 6.42 Å². The van der Waals surface area contributed by atoms with E-state index < -0.39 is 0 Å². The standard InChI is InChI=1S/C16H23N3S/c1-4-13(2)18-8-10-19(11-9-18)15-6-5-7-16(20-3)14(15)12-17/h5-7,13H,4,8-11H2,1-3H3. The van der Waals surface area contributed by atoms with Crippen LogP contribution in [0.25, 0.3) is 0 Å². The largest absolute Gasteiger partial charge is 0.368 e. The molecule has 2 rings (SSSR count). The first kappa shape index (κ1) is 15.2. The highest BCUT2D eigenvalue weighted by molar-refractivity contribution is 7.98. The second-order valence-corrected chi connectivity index (χ2v) is 6.09. The zero-order valence-electron chi connectivity index (χ0n) is 12.6. The Balaban J connectivity index is 2.13. The molecule has 0 spiro atoms. The van der Waals surface area contributed by atoms with Crippen LogP contribution in [0, 0.1) is 11.3 Å². The van der Waals surface area contributed by atoms with Gasteiger partial charge in [-0.15, -0.1) is 11.8 Å². The third-order valence-corrected chi connectivity index (χ3v) is 4.99. The number of hydrogen-bond acceptors (Lipinski definition) is 4. The summed E-state index contributed by atoms with van der Waals surface area (Å²) in [6, 6.07) is 9.21. The van der Waals surface area contributed by atoms with Gasteiger partial charge in [-0.05, 0) is 31.7 Å². The fraction of sp³-hybridized carbons (Fsp3) is 0.562. The van der Waals surface area contributed by atoms with Crippen molar-refractivity contribution in [3.05, 3.63) is 23.8 Å². The summed E-state index contributed by atoms with van der Waals surface area (Å²) < 4.78 is 0. The lowest BCUT2D eigenvalue weighted by Gasteiger charge is -2.39. The van der Waals surface area contributed by atoms with E-state index in [-0.39, 0.29) is 0 Å². The molecule has 3 nitrogen and oxygen atoms in total. The molecular formula is C16H23N3S. The average Bonchev–Trinajstić information content (AvgIpc) is 2.53. The zero-order chi connectivity index (χ0) is 14.5. The fourth-order valence-electron chi connectivity index (χ4n) is 2.73. The maximum atomic E-state index is 9.44. The minimum absolute atomic E-state index is 0.658. The number of hydrogen-bond donors (Lipinski definition) is 0. The molecule has 1 aliphatic heterocycles. The maximum absolute atomic E-state index is 9.44. The van der Waals surface area contributed by atoms with Crippen LogP contribution in [0.2, 0.25) is 0 Å². The predicted molar refractivity (Wildman–Crippen MR) is 86.5 cm³/mol. The number of benzene rings is 1. The smallest absolute Gasteiger partial charge is 0.103 e. The maximum Gasteiger partial charge on any atom is 0.103 e. The number of thioether (sulfide) groups is 1. The van der Waals surface area contributed by atoms with Gasteiger partial charge in [0, 0.05) is 37.1 Å². The Hall–Kier alpha value is -1.18. The van der Waals surface area contributed by atoms with Gasteiger partial charge in [-0.2, -0.15) is 5.26 Å². The fourth-order valence-corrected chi connectivity index (χ4v) is 3.30. The SMILES string of the molecule is CCC(C)N1CCN(c2cccc(SC)c2C#N)CC1. The van der Waals surface area contributed by atoms with E-state index in [4.69, 9.17) is 0 Å². The van der Waals surface area contributed by atoms with Crippen molar-refractivity contribution in [1.29, 1.82) is 5.26 Å². The van der Waals surface area contributed by atoms with Crippen LogP contribution in [-0.2, 0) is 0 Å². The molecule has 4 heteroatoms. The monoisotopic (exact) mass is 289 g/mol. The van der Waals surface area contributed by atoms with E-state index in [1.54, 1.807) is 11.8 Å². The van der Waals surface area contributed by atoms with Crippen LogP contribution in [0.4, 0.5) is 5.69 Å². The molecule has 0 aromatic heterocycles. The van der Waals surface area contributed by atoms with E-state index in [0.717, 1.165) is 42.3 Å². The Kier molecular flexibility index (Phi) is 5.33. The van der Waals surface area contributed by atoms with Crippen molar-refractivity contribution in [3.63, 3.8) is 0 Å². The third kappa shape index (κ3) is 3.11. The van der Waals surface area contributed by atoms with Gasteiger partial charge in [0.05, 0.1) is 11.3 Å². The van der Waals surface area contributed by atoms with Crippen molar-refractivity contribution in [3.8, 4) is 6.07 Å². The van der Waals surface area contributed by atoms with Crippen LogP contribution < -0.4 is 4.90 Å². The molecule has 1 aromatic carbocycles. The highest BCUT2D eigenvalue weighted by atomic mass is 32.2. The first-order valence-corrected chi connectivity index (χ1v) is 8.49. The summed E-state index contributed by atoms with van der Waals surface area (Å²) in [4.78, 5) is 5.98. The summed E-state index contributed by atoms with van der Waals surface area (Å²) in [5.41, 5.74) is 1.93. The second-order valence-electron chi connectivity index (χ2n) is 5.25. The van der Waals surface area contributed by atoms with Crippen LogP contribution in [0.5, 0.6) is 0 Å². The van der Waals surface area contributed by atoms with E-state index in [0.29, 0.717) is 6.04 Å². The lowest BCUT2D eigenvalue weighted by molar-refractivity contribution is 0.193. The van der Waals surface area contributed by atoms with Crippen molar-refractivity contribution in [2.24, 2.45) is 0 Å². The van der Waals surface area contributed by atoms with Crippen LogP contribution in [0.3, 0.4) is 0 Å². The highest BCUT2D eigenvalue weighted by Crippen LogP contribution is 2.29. The van der Waals surface area contributed by atoms with Gasteiger partial charge in [0.25, 0.3) is 0 Å². The van der Waals surface area contributed by atoms with E-state index in [1.807, 2.05) is 12.3 Å². The van der Waals surface area contributed by atoms with Gasteiger partial charge in [0.1, 0.15) is 6.07 Å². The van der Waals surface area contributed by atoms with Gasteiger partial charge < -0.3 is 4.90 Å². The van der Waals surface area contributed by atoms with Crippen LogP contribution in [0.1, 0.15) is 25.8 Å². The average molecular weight is 289 g/mol. The van der Waals surface area contributed by atoms with Crippen LogP contribution >= 0.6 is 11.8 Å². The Morgan fingerprint density at radius 2 is 2.00 bits per heavy atom. The minimum atomic E-state index is 0.658. The molecular weight excluding hydrogens is 266 g/mol. The molecule has 1 atom stereocenters. The van der Waals surface area contributed by atoms with Crippen molar-refractivity contribution in [2.45, 2.75) is 31.2 Å². The molecule has 1 unspecified atom stereocenters. The molecule has 0 aliphatic carbocycles. The minimum Gasteiger partial charge on any atom is -0.368 e. The van der Waals surface area contributed by atoms with Crippen molar-refractivity contribution >= 4 is 17.4 Å². The second kappa shape index (κ2) is 7.01. The normalized spacial score (nSPS) is 17.8. The van der Waals surface area contributed by atoms with Gasteiger partial charge in [0.15, 0.2) is 0 Å². The summed E-state index contributed by atoms with van der Waals surface area (Å²) in [5.74, 6) is 0. The number of piperazine rings is 1. The van der Waals surface area contributed by atoms with Crippen LogP contribution in [-0.4, -0.2) is 43.4 Å². The predicted octanol–water partition coefficient (Wildman–Crippen LogP) is 3.20. The molecule has 108 valence electrons. The van der Waals surface area contributed by atoms with Crippen molar-refractivity contribution < 1.29 is 0 Å². The number of nitrogens with zero attached hydrogens (tertiary/aromatic N) is 3. The molecule has 0 amide bonds. The first-order chi connectivity index (χ1) is 9.71. The van der Waals surface area contributed by atoms with Gasteiger partial charge in [0.2, 0.25) is 0 Å². The lowest BCUT2D eigenvalue weighted by Crippen LogP contribution is -2.49. The molecule has 0 saturated carbocycles. The molecule has 1 heterocycles. The summed E-state index contributed by atoms with van der Waals surface area (Å²) in [6.45, 7) is 8.73. The topological polar surface area (TPSA) is 30.3 Å². The summed E-state index contributed by atoms with van der Waals surface area (Å²) in [5, 5.41) is 9.44. The van der Waals surface area contributed by atoms with Crippen molar-refractivity contribution in [1.82, 2.24) is 4.90 Å². The number of nitriles is 1. The zero-order valence-corrected chi connectivity index (χ0v) is 13.4. The van der Waals surface area contributed by atoms with Gasteiger partial charge in [-0.3, -0.25) is 4.90 Å². The summed E-state index contributed by atoms with van der Waals surface area (Å²) in [6.07, 6.45) is 3.23. The Labute approximate surface area is 126 Å². The first-order valence-electron chi connectivity index (χ1n) is 7.27. The molecule has 0 radical (unpaired) electrons. The molecule has 1 aliphatic rings. The number of rotatable bonds is 4. The molecule has 0 bridgehead atoms. The van der Waals surface area contributed by atoms with E-state index in [2.05, 4.69) is 41.8 Å². The van der Waals surface area contributed by atoms with Gasteiger partial charge in [-0.25, -0.2) is 0 Å². The summed E-state index contributed by atoms with van der Waals surface area (Å²) in [7, 11) is 0. The third-order valence-electron chi connectivity index (χ3n) is 4.21. The Morgan fingerprint density at radius 1 is 1.30 bits per heavy atom. The molecule has 1 fully saturated rings. The highest BCUT2D eigenvalue weighted by Gasteiger charge is 2.22. The Bertz CT molecular complexity index is 487. The van der Waals surface area contributed by atoms with E-state index in [9.17, 15) is 5.26 Å². The van der Waals surface area contributed by atoms with Crippen molar-refractivity contribution in [2.75, 3.05) is 37.3 Å². The summed E-state index contributed by atoms with van der Waals surface area (Å²) >= 11 is 1.65. The van der Waals surface area contributed by atoms with Gasteiger partial charge >= 0.3 is 0 Å². The van der Waals surface area contributed by atoms with E-state index >= 15 is 0 Å².